The predicted octanol–water partition coefficient (Wildman–Crippen LogP) is 16.6. The Morgan fingerprint density at radius 3 is 1.02 bits per heavy atom. The molecule has 0 saturated carbocycles. The fourth-order valence-electron chi connectivity index (χ4n) is 7.93. The maximum absolute atomic E-state index is 3.67. The predicted molar refractivity (Wildman–Crippen MR) is 242 cm³/mol. The lowest BCUT2D eigenvalue weighted by atomic mass is 10.0. The minimum Gasteiger partial charge on any atom is -0.308 e. The SMILES string of the molecule is CCCCCCCCCCc1ccc(-n2c(-c3ccc(Br)cc3)cc3c2cc(-c2ccc(Br)cc2)n3-c2ccc(CCCCCCCCCC)cc2)cc1. The van der Waals surface area contributed by atoms with E-state index in [1.807, 2.05) is 0 Å². The molecule has 2 heterocycles. The lowest BCUT2D eigenvalue weighted by Gasteiger charge is -2.13. The number of benzene rings is 4. The quantitative estimate of drug-likeness (QED) is 0.0603. The monoisotopic (exact) mass is 846 g/mol. The van der Waals surface area contributed by atoms with Crippen LogP contribution in [0.2, 0.25) is 0 Å². The second kappa shape index (κ2) is 21.1. The highest BCUT2D eigenvalue weighted by atomic mass is 79.9. The first-order valence-electron chi connectivity index (χ1n) is 21.0. The van der Waals surface area contributed by atoms with Crippen molar-refractivity contribution in [3.8, 4) is 33.9 Å². The van der Waals surface area contributed by atoms with E-state index in [1.165, 1.54) is 159 Å². The van der Waals surface area contributed by atoms with Gasteiger partial charge in [-0.05, 0) is 109 Å². The molecule has 0 radical (unpaired) electrons. The lowest BCUT2D eigenvalue weighted by molar-refractivity contribution is 0.575. The van der Waals surface area contributed by atoms with Crippen LogP contribution in [0, 0.1) is 0 Å². The molecule has 6 aromatic rings. The van der Waals surface area contributed by atoms with Gasteiger partial charge in [-0.15, -0.1) is 0 Å². The maximum Gasteiger partial charge on any atom is 0.0724 e. The zero-order chi connectivity index (χ0) is 37.5. The van der Waals surface area contributed by atoms with Crippen molar-refractivity contribution in [2.24, 2.45) is 0 Å². The van der Waals surface area contributed by atoms with Crippen LogP contribution in [0.4, 0.5) is 0 Å². The van der Waals surface area contributed by atoms with Gasteiger partial charge in [0.05, 0.1) is 22.4 Å². The number of nitrogens with zero attached hydrogens (tertiary/aromatic N) is 2. The third-order valence-corrected chi connectivity index (χ3v) is 12.1. The summed E-state index contributed by atoms with van der Waals surface area (Å²) in [5.41, 5.74) is 12.5. The van der Waals surface area contributed by atoms with E-state index >= 15 is 0 Å². The number of hydrogen-bond acceptors (Lipinski definition) is 0. The van der Waals surface area contributed by atoms with E-state index in [0.717, 1.165) is 21.8 Å². The van der Waals surface area contributed by atoms with Crippen LogP contribution in [0.3, 0.4) is 0 Å². The van der Waals surface area contributed by atoms with Gasteiger partial charge >= 0.3 is 0 Å². The van der Waals surface area contributed by atoms with Crippen molar-refractivity contribution in [1.82, 2.24) is 9.13 Å². The highest BCUT2D eigenvalue weighted by Crippen LogP contribution is 2.39. The standard InChI is InChI=1S/C50H60Br2N2/c1-3-5-7-9-11-13-15-17-19-39-21-33-45(34-22-39)53-47(41-25-29-43(51)30-26-41)37-50-49(53)38-48(42-27-31-44(52)32-28-42)54(50)46-35-23-40(24-36-46)20-18-16-14-12-10-8-6-4-2/h21-38H,3-20H2,1-2H3. The van der Waals surface area contributed by atoms with E-state index in [0.29, 0.717) is 0 Å². The second-order valence-corrected chi connectivity index (χ2v) is 17.1. The Labute approximate surface area is 342 Å². The molecule has 0 unspecified atom stereocenters. The fourth-order valence-corrected chi connectivity index (χ4v) is 8.45. The molecule has 6 rings (SSSR count). The van der Waals surface area contributed by atoms with Crippen LogP contribution in [-0.4, -0.2) is 9.13 Å². The van der Waals surface area contributed by atoms with Crippen LogP contribution < -0.4 is 0 Å². The first kappa shape index (κ1) is 40.3. The van der Waals surface area contributed by atoms with E-state index in [-0.39, 0.29) is 0 Å². The number of aromatic nitrogens is 2. The van der Waals surface area contributed by atoms with Gasteiger partial charge in [0.15, 0.2) is 0 Å². The van der Waals surface area contributed by atoms with Gasteiger partial charge in [-0.3, -0.25) is 0 Å². The summed E-state index contributed by atoms with van der Waals surface area (Å²) in [4.78, 5) is 0. The Bertz CT molecular complexity index is 1830. The molecule has 54 heavy (non-hydrogen) atoms. The average Bonchev–Trinajstić information content (AvgIpc) is 3.75. The van der Waals surface area contributed by atoms with Gasteiger partial charge in [-0.25, -0.2) is 0 Å². The van der Waals surface area contributed by atoms with E-state index in [9.17, 15) is 0 Å². The fraction of sp³-hybridized carbons (Fsp3) is 0.400. The molecule has 0 amide bonds. The van der Waals surface area contributed by atoms with Crippen LogP contribution in [0.5, 0.6) is 0 Å². The van der Waals surface area contributed by atoms with Crippen molar-refractivity contribution in [3.05, 3.63) is 129 Å². The molecular weight excluding hydrogens is 788 g/mol. The highest BCUT2D eigenvalue weighted by molar-refractivity contribution is 9.10. The summed E-state index contributed by atoms with van der Waals surface area (Å²) in [6.07, 6.45) is 23.9. The Kier molecular flexibility index (Phi) is 15.8. The van der Waals surface area contributed by atoms with Gasteiger partial charge in [0.2, 0.25) is 0 Å². The molecule has 0 atom stereocenters. The summed E-state index contributed by atoms with van der Waals surface area (Å²) in [6, 6.07) is 41.0. The zero-order valence-corrected chi connectivity index (χ0v) is 35.9. The van der Waals surface area contributed by atoms with Crippen LogP contribution in [0.15, 0.2) is 118 Å². The molecule has 0 N–H and O–H groups in total. The van der Waals surface area contributed by atoms with Gasteiger partial charge in [0, 0.05) is 20.3 Å². The van der Waals surface area contributed by atoms with Crippen molar-refractivity contribution >= 4 is 42.9 Å². The Morgan fingerprint density at radius 1 is 0.370 bits per heavy atom. The average molecular weight is 849 g/mol. The molecule has 4 heteroatoms. The molecule has 0 aliphatic carbocycles. The van der Waals surface area contributed by atoms with Crippen LogP contribution in [0.1, 0.15) is 128 Å². The summed E-state index contributed by atoms with van der Waals surface area (Å²) in [5, 5.41) is 0. The smallest absolute Gasteiger partial charge is 0.0724 e. The lowest BCUT2D eigenvalue weighted by Crippen LogP contribution is -1.97. The van der Waals surface area contributed by atoms with Gasteiger partial charge in [-0.2, -0.15) is 0 Å². The summed E-state index contributed by atoms with van der Waals surface area (Å²) < 4.78 is 7.11. The maximum atomic E-state index is 3.67. The normalized spacial score (nSPS) is 11.6. The third kappa shape index (κ3) is 10.9. The number of hydrogen-bond donors (Lipinski definition) is 0. The minimum atomic E-state index is 1.09. The summed E-state index contributed by atoms with van der Waals surface area (Å²) in [5.74, 6) is 0. The van der Waals surface area contributed by atoms with Gasteiger partial charge in [0.25, 0.3) is 0 Å². The molecule has 4 aromatic carbocycles. The summed E-state index contributed by atoms with van der Waals surface area (Å²) in [7, 11) is 0. The van der Waals surface area contributed by atoms with Gasteiger partial charge in [-0.1, -0.05) is 184 Å². The highest BCUT2D eigenvalue weighted by Gasteiger charge is 2.21. The molecule has 0 saturated heterocycles. The van der Waals surface area contributed by atoms with Crippen LogP contribution in [0.25, 0.3) is 44.9 Å². The minimum absolute atomic E-state index is 1.09. The summed E-state index contributed by atoms with van der Waals surface area (Å²) in [6.45, 7) is 4.59. The number of halogens is 2. The van der Waals surface area contributed by atoms with Crippen LogP contribution in [-0.2, 0) is 12.8 Å². The molecular formula is C50H60Br2N2. The van der Waals surface area contributed by atoms with E-state index in [1.54, 1.807) is 0 Å². The molecule has 284 valence electrons. The molecule has 0 aliphatic heterocycles. The number of unbranched alkanes of at least 4 members (excludes halogenated alkanes) is 14. The molecule has 0 spiro atoms. The van der Waals surface area contributed by atoms with E-state index < -0.39 is 0 Å². The Hall–Kier alpha value is -3.34. The molecule has 0 fully saturated rings. The number of rotatable bonds is 22. The third-order valence-electron chi connectivity index (χ3n) is 11.1. The summed E-state index contributed by atoms with van der Waals surface area (Å²) >= 11 is 7.34. The number of fused-ring (bicyclic) bond motifs is 1. The number of aryl methyl sites for hydroxylation is 2. The van der Waals surface area contributed by atoms with Gasteiger partial charge in [0.1, 0.15) is 0 Å². The molecule has 0 aliphatic rings. The van der Waals surface area contributed by atoms with Crippen molar-refractivity contribution in [2.75, 3.05) is 0 Å². The molecule has 2 aromatic heterocycles. The molecule has 0 bridgehead atoms. The van der Waals surface area contributed by atoms with Crippen molar-refractivity contribution < 1.29 is 0 Å². The topological polar surface area (TPSA) is 9.86 Å². The largest absolute Gasteiger partial charge is 0.308 e. The van der Waals surface area contributed by atoms with E-state index in [2.05, 4.69) is 164 Å². The van der Waals surface area contributed by atoms with Gasteiger partial charge < -0.3 is 9.13 Å². The van der Waals surface area contributed by atoms with Crippen molar-refractivity contribution in [3.63, 3.8) is 0 Å². The van der Waals surface area contributed by atoms with Crippen molar-refractivity contribution in [1.29, 1.82) is 0 Å². The Morgan fingerprint density at radius 2 is 0.685 bits per heavy atom. The Balaban J connectivity index is 1.29. The van der Waals surface area contributed by atoms with Crippen molar-refractivity contribution in [2.45, 2.75) is 129 Å². The van der Waals surface area contributed by atoms with Crippen LogP contribution >= 0.6 is 31.9 Å². The molecule has 2 nitrogen and oxygen atoms in total. The second-order valence-electron chi connectivity index (χ2n) is 15.3. The first-order valence-corrected chi connectivity index (χ1v) is 22.6. The zero-order valence-electron chi connectivity index (χ0n) is 32.8. The van der Waals surface area contributed by atoms with E-state index in [4.69, 9.17) is 0 Å². The first-order chi connectivity index (χ1) is 26.6.